The molecule has 4 rings (SSSR count). The van der Waals surface area contributed by atoms with Crippen molar-refractivity contribution >= 4 is 22.9 Å². The lowest BCUT2D eigenvalue weighted by molar-refractivity contribution is 0.102. The zero-order valence-electron chi connectivity index (χ0n) is 16.8. The van der Waals surface area contributed by atoms with Crippen LogP contribution in [-0.4, -0.2) is 27.6 Å². The fraction of sp³-hybridized carbons (Fsp3) is 0.136. The van der Waals surface area contributed by atoms with Gasteiger partial charge >= 0.3 is 0 Å². The Bertz CT molecular complexity index is 1210. The van der Waals surface area contributed by atoms with Gasteiger partial charge in [0.1, 0.15) is 18.2 Å². The zero-order valence-corrected chi connectivity index (χ0v) is 17.6. The molecule has 7 nitrogen and oxygen atoms in total. The Kier molecular flexibility index (Phi) is 5.94. The van der Waals surface area contributed by atoms with Gasteiger partial charge in [-0.1, -0.05) is 0 Å². The lowest BCUT2D eigenvalue weighted by atomic mass is 10.1. The highest BCUT2D eigenvalue weighted by Crippen LogP contribution is 2.29. The van der Waals surface area contributed by atoms with Crippen molar-refractivity contribution in [2.24, 2.45) is 0 Å². The Labute approximate surface area is 182 Å². The van der Waals surface area contributed by atoms with Crippen LogP contribution < -0.4 is 14.8 Å². The van der Waals surface area contributed by atoms with Gasteiger partial charge in [-0.2, -0.15) is 0 Å². The molecule has 158 valence electrons. The largest absolute Gasteiger partial charge is 0.493 e. The third-order valence-electron chi connectivity index (χ3n) is 4.58. The molecule has 0 spiro atoms. The van der Waals surface area contributed by atoms with E-state index in [-0.39, 0.29) is 0 Å². The van der Waals surface area contributed by atoms with Crippen LogP contribution in [0, 0.1) is 12.7 Å². The van der Waals surface area contributed by atoms with Crippen LogP contribution in [0.25, 0.3) is 5.69 Å². The van der Waals surface area contributed by atoms with Gasteiger partial charge in [-0.3, -0.25) is 4.79 Å². The zero-order chi connectivity index (χ0) is 21.8. The van der Waals surface area contributed by atoms with E-state index >= 15 is 0 Å². The molecule has 31 heavy (non-hydrogen) atoms. The van der Waals surface area contributed by atoms with Gasteiger partial charge in [0.15, 0.2) is 11.5 Å². The molecular weight excluding hydrogens is 419 g/mol. The average Bonchev–Trinajstić information content (AvgIpc) is 3.44. The number of anilines is 1. The number of amides is 1. The molecule has 0 bridgehead atoms. The summed E-state index contributed by atoms with van der Waals surface area (Å²) in [4.78, 5) is 20.9. The minimum Gasteiger partial charge on any atom is -0.493 e. The third-order valence-corrected chi connectivity index (χ3v) is 5.21. The van der Waals surface area contributed by atoms with Crippen molar-refractivity contribution in [1.82, 2.24) is 14.5 Å². The standard InChI is InChI=1S/C22H19FN4O3S/c1-14-24-7-8-27(14)19-5-4-16(10-18(19)23)26-22(28)15-3-6-20(21(9-15)29-2)30-11-17-12-31-13-25-17/h3-10,12-13H,11H2,1-2H3,(H,26,28). The Morgan fingerprint density at radius 1 is 1.19 bits per heavy atom. The molecule has 0 fully saturated rings. The molecule has 0 aliphatic heterocycles. The minimum absolute atomic E-state index is 0.299. The Morgan fingerprint density at radius 2 is 2.06 bits per heavy atom. The number of methoxy groups -OCH3 is 1. The molecule has 2 aromatic carbocycles. The number of thiazole rings is 1. The molecule has 1 amide bonds. The van der Waals surface area contributed by atoms with E-state index in [0.29, 0.717) is 40.9 Å². The van der Waals surface area contributed by atoms with Gasteiger partial charge in [-0.15, -0.1) is 11.3 Å². The number of carbonyl (C=O) groups excluding carboxylic acids is 1. The predicted molar refractivity (Wildman–Crippen MR) is 116 cm³/mol. The number of benzene rings is 2. The summed E-state index contributed by atoms with van der Waals surface area (Å²) < 4.78 is 27.3. The molecule has 0 atom stereocenters. The van der Waals surface area contributed by atoms with Crippen molar-refractivity contribution in [1.29, 1.82) is 0 Å². The molecule has 1 N–H and O–H groups in total. The number of nitrogens with one attached hydrogen (secondary N) is 1. The molecule has 2 heterocycles. The molecule has 0 saturated heterocycles. The van der Waals surface area contributed by atoms with Gasteiger partial charge in [-0.05, 0) is 43.3 Å². The van der Waals surface area contributed by atoms with Crippen LogP contribution in [0.1, 0.15) is 21.9 Å². The van der Waals surface area contributed by atoms with Crippen LogP contribution >= 0.6 is 11.3 Å². The van der Waals surface area contributed by atoms with E-state index in [1.807, 2.05) is 5.38 Å². The normalized spacial score (nSPS) is 10.7. The number of imidazole rings is 1. The topological polar surface area (TPSA) is 78.3 Å². The molecule has 9 heteroatoms. The first-order chi connectivity index (χ1) is 15.0. The number of hydrogen-bond acceptors (Lipinski definition) is 6. The number of aryl methyl sites for hydroxylation is 1. The summed E-state index contributed by atoms with van der Waals surface area (Å²) in [6.45, 7) is 2.08. The van der Waals surface area contributed by atoms with Crippen molar-refractivity contribution in [3.05, 3.63) is 82.6 Å². The molecule has 0 saturated carbocycles. The third kappa shape index (κ3) is 4.56. The fourth-order valence-corrected chi connectivity index (χ4v) is 3.55. The van der Waals surface area contributed by atoms with Gasteiger partial charge in [0.2, 0.25) is 0 Å². The molecule has 4 aromatic rings. The highest BCUT2D eigenvalue weighted by molar-refractivity contribution is 7.07. The number of ether oxygens (including phenoxy) is 2. The molecule has 0 radical (unpaired) electrons. The van der Waals surface area contributed by atoms with Crippen molar-refractivity contribution in [3.63, 3.8) is 0 Å². The molecule has 0 aliphatic carbocycles. The highest BCUT2D eigenvalue weighted by atomic mass is 32.1. The number of nitrogens with zero attached hydrogens (tertiary/aromatic N) is 3. The van der Waals surface area contributed by atoms with Crippen LogP contribution in [0.15, 0.2) is 59.7 Å². The second-order valence-electron chi connectivity index (χ2n) is 6.60. The van der Waals surface area contributed by atoms with E-state index in [0.717, 1.165) is 5.69 Å². The van der Waals surface area contributed by atoms with Gasteiger partial charge in [-0.25, -0.2) is 14.4 Å². The van der Waals surface area contributed by atoms with Crippen molar-refractivity contribution in [3.8, 4) is 17.2 Å². The number of aromatic nitrogens is 3. The molecule has 0 aliphatic rings. The quantitative estimate of drug-likeness (QED) is 0.456. The van der Waals surface area contributed by atoms with E-state index < -0.39 is 11.7 Å². The maximum Gasteiger partial charge on any atom is 0.255 e. The van der Waals surface area contributed by atoms with E-state index in [1.165, 1.54) is 24.5 Å². The maximum absolute atomic E-state index is 14.6. The first-order valence-corrected chi connectivity index (χ1v) is 10.3. The minimum atomic E-state index is -0.470. The summed E-state index contributed by atoms with van der Waals surface area (Å²) in [5.74, 6) is 0.718. The highest BCUT2D eigenvalue weighted by Gasteiger charge is 2.14. The summed E-state index contributed by atoms with van der Waals surface area (Å²) in [6.07, 6.45) is 3.28. The lowest BCUT2D eigenvalue weighted by Crippen LogP contribution is -2.13. The van der Waals surface area contributed by atoms with Crippen LogP contribution in [-0.2, 0) is 6.61 Å². The smallest absolute Gasteiger partial charge is 0.255 e. The van der Waals surface area contributed by atoms with Gasteiger partial charge in [0, 0.05) is 29.0 Å². The number of carbonyl (C=O) groups is 1. The van der Waals surface area contributed by atoms with Crippen molar-refractivity contribution in [2.45, 2.75) is 13.5 Å². The summed E-state index contributed by atoms with van der Waals surface area (Å²) in [5, 5.41) is 4.60. The Morgan fingerprint density at radius 3 is 2.74 bits per heavy atom. The van der Waals surface area contributed by atoms with E-state index in [4.69, 9.17) is 9.47 Å². The van der Waals surface area contributed by atoms with Gasteiger partial charge < -0.3 is 19.4 Å². The summed E-state index contributed by atoms with van der Waals surface area (Å²) in [5.41, 5.74) is 3.59. The van der Waals surface area contributed by atoms with Crippen LogP contribution in [0.4, 0.5) is 10.1 Å². The first-order valence-electron chi connectivity index (χ1n) is 9.34. The lowest BCUT2D eigenvalue weighted by Gasteiger charge is -2.12. The SMILES string of the molecule is COc1cc(C(=O)Nc2ccc(-n3ccnc3C)c(F)c2)ccc1OCc1cscn1. The van der Waals surface area contributed by atoms with E-state index in [2.05, 4.69) is 15.3 Å². The van der Waals surface area contributed by atoms with Crippen LogP contribution in [0.2, 0.25) is 0 Å². The van der Waals surface area contributed by atoms with Crippen molar-refractivity contribution in [2.75, 3.05) is 12.4 Å². The van der Waals surface area contributed by atoms with E-state index in [1.54, 1.807) is 59.7 Å². The number of rotatable bonds is 7. The van der Waals surface area contributed by atoms with Gasteiger partial charge in [0.05, 0.1) is 24.0 Å². The summed E-state index contributed by atoms with van der Waals surface area (Å²) >= 11 is 1.49. The maximum atomic E-state index is 14.6. The summed E-state index contributed by atoms with van der Waals surface area (Å²) in [6, 6.07) is 9.36. The second kappa shape index (κ2) is 8.97. The predicted octanol–water partition coefficient (Wildman–Crippen LogP) is 4.62. The van der Waals surface area contributed by atoms with E-state index in [9.17, 15) is 9.18 Å². The number of halogens is 1. The Hall–Kier alpha value is -3.72. The molecule has 2 aromatic heterocycles. The molecular formula is C22H19FN4O3S. The van der Waals surface area contributed by atoms with Crippen LogP contribution in [0.5, 0.6) is 11.5 Å². The Balaban J connectivity index is 1.48. The second-order valence-corrected chi connectivity index (χ2v) is 7.32. The fourth-order valence-electron chi connectivity index (χ4n) is 3.00. The van der Waals surface area contributed by atoms with Gasteiger partial charge in [0.25, 0.3) is 5.91 Å². The molecule has 0 unspecified atom stereocenters. The first kappa shape index (κ1) is 20.5. The monoisotopic (exact) mass is 438 g/mol. The van der Waals surface area contributed by atoms with Crippen molar-refractivity contribution < 1.29 is 18.7 Å². The average molecular weight is 438 g/mol. The van der Waals surface area contributed by atoms with Crippen LogP contribution in [0.3, 0.4) is 0 Å². The summed E-state index contributed by atoms with van der Waals surface area (Å²) in [7, 11) is 1.50. The number of hydrogen-bond donors (Lipinski definition) is 1.